The zero-order chi connectivity index (χ0) is 22.6. The number of halogens is 1. The molecule has 32 heavy (non-hydrogen) atoms. The molecule has 4 rings (SSSR count). The second-order valence-electron chi connectivity index (χ2n) is 7.73. The summed E-state index contributed by atoms with van der Waals surface area (Å²) in [6.45, 7) is 0.738. The molecule has 1 aliphatic heterocycles. The van der Waals surface area contributed by atoms with E-state index in [9.17, 15) is 14.7 Å². The Balaban J connectivity index is 1.51. The van der Waals surface area contributed by atoms with Crippen molar-refractivity contribution in [1.82, 2.24) is 10.2 Å². The zero-order valence-corrected chi connectivity index (χ0v) is 18.9. The van der Waals surface area contributed by atoms with Gasteiger partial charge in [0.15, 0.2) is 5.76 Å². The van der Waals surface area contributed by atoms with Gasteiger partial charge in [-0.15, -0.1) is 0 Å². The summed E-state index contributed by atoms with van der Waals surface area (Å²) in [6, 6.07) is 20.1. The van der Waals surface area contributed by atoms with Crippen molar-refractivity contribution in [3.05, 3.63) is 100 Å². The number of rotatable bonds is 5. The van der Waals surface area contributed by atoms with Crippen LogP contribution in [0, 0.1) is 0 Å². The molecule has 0 radical (unpaired) electrons. The van der Waals surface area contributed by atoms with E-state index >= 15 is 0 Å². The minimum absolute atomic E-state index is 0.125. The molecule has 2 heterocycles. The van der Waals surface area contributed by atoms with Crippen LogP contribution in [0.25, 0.3) is 6.08 Å². The van der Waals surface area contributed by atoms with E-state index in [0.29, 0.717) is 25.9 Å². The van der Waals surface area contributed by atoms with Gasteiger partial charge in [0.05, 0.1) is 11.9 Å². The highest BCUT2D eigenvalue weighted by Gasteiger charge is 2.36. The predicted molar refractivity (Wildman–Crippen MR) is 124 cm³/mol. The van der Waals surface area contributed by atoms with Crippen LogP contribution in [-0.2, 0) is 10.4 Å². The third-order valence-corrected chi connectivity index (χ3v) is 6.12. The van der Waals surface area contributed by atoms with Gasteiger partial charge in [0, 0.05) is 17.6 Å². The summed E-state index contributed by atoms with van der Waals surface area (Å²) >= 11 is 3.41. The van der Waals surface area contributed by atoms with Crippen LogP contribution in [0.1, 0.15) is 34.5 Å². The Labute approximate surface area is 194 Å². The number of piperidine rings is 1. The van der Waals surface area contributed by atoms with E-state index in [4.69, 9.17) is 4.42 Å². The number of amides is 2. The molecule has 0 spiro atoms. The summed E-state index contributed by atoms with van der Waals surface area (Å²) in [5.74, 6) is -0.666. The van der Waals surface area contributed by atoms with E-state index < -0.39 is 11.5 Å². The molecule has 0 atom stereocenters. The van der Waals surface area contributed by atoms with Crippen LogP contribution >= 0.6 is 15.9 Å². The number of nitrogens with one attached hydrogen (secondary N) is 1. The normalized spacial score (nSPS) is 15.9. The average molecular weight is 495 g/mol. The summed E-state index contributed by atoms with van der Waals surface area (Å²) in [5, 5.41) is 13.8. The van der Waals surface area contributed by atoms with E-state index in [1.54, 1.807) is 23.1 Å². The molecule has 0 saturated carbocycles. The number of likely N-dealkylation sites (tertiary alicyclic amines) is 1. The van der Waals surface area contributed by atoms with Crippen molar-refractivity contribution in [2.24, 2.45) is 0 Å². The van der Waals surface area contributed by atoms with Gasteiger partial charge in [0.25, 0.3) is 11.8 Å². The number of nitrogens with zero attached hydrogens (tertiary/aromatic N) is 1. The standard InChI is InChI=1S/C25H23BrN2O4/c26-20-10-8-19(9-11-20)25(31)12-14-28(15-13-25)24(30)21(17-18-5-2-1-3-6-18)27-23(29)22-7-4-16-32-22/h1-11,16-17,31H,12-15H2,(H,27,29). The molecule has 1 fully saturated rings. The molecule has 1 aromatic heterocycles. The summed E-state index contributed by atoms with van der Waals surface area (Å²) in [5.41, 5.74) is 0.794. The third kappa shape index (κ3) is 5.00. The lowest BCUT2D eigenvalue weighted by molar-refractivity contribution is -0.131. The van der Waals surface area contributed by atoms with Crippen molar-refractivity contribution < 1.29 is 19.1 Å². The Morgan fingerprint density at radius 3 is 2.31 bits per heavy atom. The van der Waals surface area contributed by atoms with E-state index in [0.717, 1.165) is 15.6 Å². The summed E-state index contributed by atoms with van der Waals surface area (Å²) < 4.78 is 6.10. The number of carbonyl (C=O) groups is 2. The van der Waals surface area contributed by atoms with E-state index in [2.05, 4.69) is 21.2 Å². The third-order valence-electron chi connectivity index (χ3n) is 5.59. The van der Waals surface area contributed by atoms with Crippen molar-refractivity contribution >= 4 is 33.8 Å². The van der Waals surface area contributed by atoms with Crippen LogP contribution in [0.5, 0.6) is 0 Å². The fraction of sp³-hybridized carbons (Fsp3) is 0.200. The minimum atomic E-state index is -0.988. The Kier molecular flexibility index (Phi) is 6.58. The van der Waals surface area contributed by atoms with Gasteiger partial charge >= 0.3 is 0 Å². The predicted octanol–water partition coefficient (Wildman–Crippen LogP) is 4.32. The van der Waals surface area contributed by atoms with E-state index in [1.165, 1.54) is 6.26 Å². The Hall–Kier alpha value is -3.16. The van der Waals surface area contributed by atoms with Gasteiger partial charge < -0.3 is 19.7 Å². The van der Waals surface area contributed by atoms with Gasteiger partial charge in [0.1, 0.15) is 5.70 Å². The van der Waals surface area contributed by atoms with Crippen LogP contribution in [0.2, 0.25) is 0 Å². The van der Waals surface area contributed by atoms with Gasteiger partial charge in [-0.1, -0.05) is 58.4 Å². The number of benzene rings is 2. The molecule has 1 aliphatic rings. The zero-order valence-electron chi connectivity index (χ0n) is 17.3. The minimum Gasteiger partial charge on any atom is -0.459 e. The first-order valence-electron chi connectivity index (χ1n) is 10.3. The first-order chi connectivity index (χ1) is 15.4. The smallest absolute Gasteiger partial charge is 0.291 e. The topological polar surface area (TPSA) is 82.8 Å². The number of aliphatic hydroxyl groups is 1. The highest BCUT2D eigenvalue weighted by molar-refractivity contribution is 9.10. The molecule has 0 unspecified atom stereocenters. The van der Waals surface area contributed by atoms with Gasteiger partial charge in [0.2, 0.25) is 0 Å². The highest BCUT2D eigenvalue weighted by Crippen LogP contribution is 2.33. The molecule has 164 valence electrons. The summed E-state index contributed by atoms with van der Waals surface area (Å²) in [7, 11) is 0. The molecule has 2 aromatic carbocycles. The summed E-state index contributed by atoms with van der Waals surface area (Å²) in [4.78, 5) is 27.5. The lowest BCUT2D eigenvalue weighted by atomic mass is 9.84. The van der Waals surface area contributed by atoms with Gasteiger partial charge in [-0.25, -0.2) is 0 Å². The Morgan fingerprint density at radius 1 is 1.00 bits per heavy atom. The molecular formula is C25H23BrN2O4. The van der Waals surface area contributed by atoms with E-state index in [-0.39, 0.29) is 17.4 Å². The molecule has 2 amide bonds. The molecule has 3 aromatic rings. The largest absolute Gasteiger partial charge is 0.459 e. The number of furan rings is 1. The number of hydrogen-bond acceptors (Lipinski definition) is 4. The maximum absolute atomic E-state index is 13.3. The first-order valence-corrected chi connectivity index (χ1v) is 11.1. The quantitative estimate of drug-likeness (QED) is 0.517. The lowest BCUT2D eigenvalue weighted by Gasteiger charge is -2.38. The molecule has 7 heteroatoms. The second kappa shape index (κ2) is 9.54. The van der Waals surface area contributed by atoms with Crippen molar-refractivity contribution in [1.29, 1.82) is 0 Å². The van der Waals surface area contributed by atoms with Crippen LogP contribution in [0.4, 0.5) is 0 Å². The van der Waals surface area contributed by atoms with Gasteiger partial charge in [-0.05, 0) is 54.3 Å². The molecule has 0 bridgehead atoms. The maximum atomic E-state index is 13.3. The first kappa shape index (κ1) is 22.0. The van der Waals surface area contributed by atoms with Crippen molar-refractivity contribution in [2.45, 2.75) is 18.4 Å². The van der Waals surface area contributed by atoms with Crippen molar-refractivity contribution in [2.75, 3.05) is 13.1 Å². The summed E-state index contributed by atoms with van der Waals surface area (Å²) in [6.07, 6.45) is 3.87. The SMILES string of the molecule is O=C(NC(=Cc1ccccc1)C(=O)N1CCC(O)(c2ccc(Br)cc2)CC1)c1ccco1. The van der Waals surface area contributed by atoms with Crippen LogP contribution in [0.3, 0.4) is 0 Å². The number of carbonyl (C=O) groups excluding carboxylic acids is 2. The molecule has 1 saturated heterocycles. The van der Waals surface area contributed by atoms with E-state index in [1.807, 2.05) is 54.6 Å². The number of hydrogen-bond donors (Lipinski definition) is 2. The molecule has 0 aliphatic carbocycles. The monoisotopic (exact) mass is 494 g/mol. The second-order valence-corrected chi connectivity index (χ2v) is 8.65. The lowest BCUT2D eigenvalue weighted by Crippen LogP contribution is -2.47. The fourth-order valence-corrected chi connectivity index (χ4v) is 4.02. The van der Waals surface area contributed by atoms with Gasteiger partial charge in [-0.3, -0.25) is 9.59 Å². The maximum Gasteiger partial charge on any atom is 0.291 e. The van der Waals surface area contributed by atoms with Crippen LogP contribution in [0.15, 0.2) is 87.6 Å². The van der Waals surface area contributed by atoms with Crippen LogP contribution in [-0.4, -0.2) is 34.9 Å². The fourth-order valence-electron chi connectivity index (χ4n) is 3.76. The average Bonchev–Trinajstić information content (AvgIpc) is 3.35. The van der Waals surface area contributed by atoms with Gasteiger partial charge in [-0.2, -0.15) is 0 Å². The van der Waals surface area contributed by atoms with Crippen molar-refractivity contribution in [3.63, 3.8) is 0 Å². The van der Waals surface area contributed by atoms with Crippen molar-refractivity contribution in [3.8, 4) is 0 Å². The van der Waals surface area contributed by atoms with Crippen LogP contribution < -0.4 is 5.32 Å². The Bertz CT molecular complexity index is 1100. The molecule has 6 nitrogen and oxygen atoms in total. The molecular weight excluding hydrogens is 472 g/mol. The Morgan fingerprint density at radius 2 is 1.69 bits per heavy atom. The molecule has 2 N–H and O–H groups in total. The highest BCUT2D eigenvalue weighted by atomic mass is 79.9.